The summed E-state index contributed by atoms with van der Waals surface area (Å²) in [6.45, 7) is 8.24. The van der Waals surface area contributed by atoms with Crippen LogP contribution in [0.25, 0.3) is 0 Å². The van der Waals surface area contributed by atoms with Crippen molar-refractivity contribution in [2.75, 3.05) is 31.1 Å². The average molecular weight is 473 g/mol. The first-order chi connectivity index (χ1) is 14.9. The average Bonchev–Trinajstić information content (AvgIpc) is 3.12. The molecule has 0 saturated carbocycles. The van der Waals surface area contributed by atoms with Crippen LogP contribution in [0.15, 0.2) is 30.1 Å². The van der Waals surface area contributed by atoms with Gasteiger partial charge in [-0.25, -0.2) is 5.92 Å². The van der Waals surface area contributed by atoms with Gasteiger partial charge in [0, 0.05) is 31.8 Å². The summed E-state index contributed by atoms with van der Waals surface area (Å²) in [5.74, 6) is 2.70. The molecule has 0 aliphatic carbocycles. The molecule has 2 aliphatic rings. The van der Waals surface area contributed by atoms with Gasteiger partial charge in [0.1, 0.15) is 5.41 Å². The Bertz CT molecular complexity index is 932. The summed E-state index contributed by atoms with van der Waals surface area (Å²) in [6, 6.07) is 3.84. The van der Waals surface area contributed by atoms with E-state index in [2.05, 4.69) is 39.7 Å². The second-order valence-corrected chi connectivity index (χ2v) is 7.49. The number of terminal acetylenes is 1. The van der Waals surface area contributed by atoms with Crippen LogP contribution < -0.4 is 10.2 Å². The summed E-state index contributed by atoms with van der Waals surface area (Å²) < 4.78 is 0. The third-order valence-electron chi connectivity index (χ3n) is 5.37. The molecule has 1 N–H and O–H groups in total. The number of carbonyl (C=O) groups excluding carboxylic acids is 2. The summed E-state index contributed by atoms with van der Waals surface area (Å²) in [5, 5.41) is 12.1. The second-order valence-electron chi connectivity index (χ2n) is 7.49. The van der Waals surface area contributed by atoms with Crippen molar-refractivity contribution in [1.29, 1.82) is 5.26 Å². The number of aromatic nitrogens is 2. The zero-order valence-electron chi connectivity index (χ0n) is 18.4. The van der Waals surface area contributed by atoms with E-state index in [4.69, 9.17) is 6.42 Å². The molecule has 2 aliphatic heterocycles. The van der Waals surface area contributed by atoms with Crippen molar-refractivity contribution in [3.05, 3.63) is 42.5 Å². The van der Waals surface area contributed by atoms with Gasteiger partial charge in [0.2, 0.25) is 11.8 Å². The Hall–Kier alpha value is -3.13. The quantitative estimate of drug-likeness (QED) is 0.308. The summed E-state index contributed by atoms with van der Waals surface area (Å²) >= 11 is 0. The normalized spacial score (nSPS) is 20.8. The topological polar surface area (TPSA) is 102 Å². The van der Waals surface area contributed by atoms with Gasteiger partial charge in [-0.05, 0) is 25.0 Å². The molecule has 0 spiro atoms. The molecular formula is C23H26MnN6O2. The van der Waals surface area contributed by atoms with E-state index in [0.717, 1.165) is 12.2 Å². The van der Waals surface area contributed by atoms with Gasteiger partial charge in [0.15, 0.2) is 0 Å². The molecule has 0 bridgehead atoms. The molecule has 3 rings (SSSR count). The van der Waals surface area contributed by atoms with Crippen LogP contribution >= 0.6 is 0 Å². The predicted octanol–water partition coefficient (Wildman–Crippen LogP) is 1.49. The Kier molecular flexibility index (Phi) is 10.6. The van der Waals surface area contributed by atoms with Gasteiger partial charge >= 0.3 is 17.1 Å². The summed E-state index contributed by atoms with van der Waals surface area (Å²) in [4.78, 5) is 34.6. The van der Waals surface area contributed by atoms with Gasteiger partial charge in [-0.2, -0.15) is 11.3 Å². The van der Waals surface area contributed by atoms with Crippen LogP contribution in [0.5, 0.6) is 0 Å². The number of amides is 2. The van der Waals surface area contributed by atoms with Crippen molar-refractivity contribution in [1.82, 2.24) is 20.2 Å². The van der Waals surface area contributed by atoms with E-state index < -0.39 is 5.41 Å². The first-order valence-electron chi connectivity index (χ1n) is 10.0. The van der Waals surface area contributed by atoms with Crippen LogP contribution in [0, 0.1) is 47.4 Å². The molecule has 2 saturated heterocycles. The minimum absolute atomic E-state index is 0. The zero-order valence-corrected chi connectivity index (χ0v) is 19.6. The number of carbonyl (C=O) groups is 2. The summed E-state index contributed by atoms with van der Waals surface area (Å²) in [7, 11) is 0. The van der Waals surface area contributed by atoms with E-state index in [1.54, 1.807) is 17.0 Å². The van der Waals surface area contributed by atoms with E-state index in [1.807, 2.05) is 31.7 Å². The molecule has 32 heavy (non-hydrogen) atoms. The van der Waals surface area contributed by atoms with E-state index in [-0.39, 0.29) is 34.8 Å². The van der Waals surface area contributed by atoms with Crippen LogP contribution in [0.4, 0.5) is 5.82 Å². The number of allylic oxidation sites excluding steroid dienone is 4. The molecule has 2 amide bonds. The minimum atomic E-state index is -0.912. The first-order valence-corrected chi connectivity index (χ1v) is 10.0. The second kappa shape index (κ2) is 12.7. The van der Waals surface area contributed by atoms with Gasteiger partial charge in [-0.3, -0.25) is 16.0 Å². The minimum Gasteiger partial charge on any atom is -0.375 e. The standard InChI is InChI=1S/C12H13N4O.C11H13N2O.Mn/c1-9(2)12(7-13)4-6-16(11(12)17)10-3-5-14-8-15-10;1-3-4-5-6-10(2)13-8-7-12-11(14)9-13;/h3,5,9H,4,6H2,1-2H3;1,5-6H,7-9H2,2H3,(H,12,14);/q2*-1;+2/b;10-6+;/t12-;;/m1../s1. The van der Waals surface area contributed by atoms with Crippen molar-refractivity contribution >= 4 is 17.6 Å². The first kappa shape index (κ1) is 26.9. The van der Waals surface area contributed by atoms with Crippen molar-refractivity contribution in [2.24, 2.45) is 11.3 Å². The molecule has 0 unspecified atom stereocenters. The van der Waals surface area contributed by atoms with Crippen molar-refractivity contribution < 1.29 is 26.7 Å². The maximum absolute atomic E-state index is 12.3. The smallest absolute Gasteiger partial charge is 0.375 e. The number of nitrogens with zero attached hydrogens (tertiary/aromatic N) is 5. The van der Waals surface area contributed by atoms with Crippen LogP contribution in [-0.2, 0) is 26.7 Å². The molecule has 1 atom stereocenters. The SMILES string of the molecule is C#C[C-]=C/C=C(\C)N1CCNC(=O)C1.CC(C)[C@]1(C#N)CCN(c2ccn[c-]n2)C1=O.[Mn+2]. The Morgan fingerprint density at radius 3 is 2.72 bits per heavy atom. The van der Waals surface area contributed by atoms with Crippen LogP contribution in [-0.4, -0.2) is 52.9 Å². The van der Waals surface area contributed by atoms with Crippen molar-refractivity contribution in [2.45, 2.75) is 27.2 Å². The van der Waals surface area contributed by atoms with E-state index >= 15 is 0 Å². The van der Waals surface area contributed by atoms with E-state index in [1.165, 1.54) is 6.20 Å². The van der Waals surface area contributed by atoms with Crippen molar-refractivity contribution in [3.8, 4) is 18.4 Å². The van der Waals surface area contributed by atoms with Crippen LogP contribution in [0.2, 0.25) is 0 Å². The number of hydrogen-bond acceptors (Lipinski definition) is 6. The largest absolute Gasteiger partial charge is 2.00 e. The molecule has 167 valence electrons. The Labute approximate surface area is 200 Å². The Morgan fingerprint density at radius 1 is 1.44 bits per heavy atom. The van der Waals surface area contributed by atoms with Gasteiger partial charge in [-0.1, -0.05) is 20.0 Å². The molecule has 0 aromatic carbocycles. The number of nitrogens with one attached hydrogen (secondary N) is 1. The molecule has 1 aromatic rings. The predicted molar refractivity (Wildman–Crippen MR) is 116 cm³/mol. The number of nitriles is 1. The fourth-order valence-electron chi connectivity index (χ4n) is 3.38. The zero-order chi connectivity index (χ0) is 22.9. The van der Waals surface area contributed by atoms with Crippen LogP contribution in [0.1, 0.15) is 27.2 Å². The fraction of sp³-hybridized carbons (Fsp3) is 0.435. The van der Waals surface area contributed by atoms with Gasteiger partial charge in [0.05, 0.1) is 12.6 Å². The number of rotatable bonds is 4. The molecule has 2 fully saturated rings. The van der Waals surface area contributed by atoms with Crippen LogP contribution in [0.3, 0.4) is 0 Å². The van der Waals surface area contributed by atoms with Crippen molar-refractivity contribution in [3.63, 3.8) is 0 Å². The fourth-order valence-corrected chi connectivity index (χ4v) is 3.38. The van der Waals surface area contributed by atoms with Gasteiger partial charge in [0.25, 0.3) is 0 Å². The third kappa shape index (κ3) is 6.43. The molecule has 1 aromatic heterocycles. The number of piperazine rings is 1. The number of anilines is 1. The number of hydrogen-bond donors (Lipinski definition) is 1. The van der Waals surface area contributed by atoms with E-state index in [9.17, 15) is 14.9 Å². The summed E-state index contributed by atoms with van der Waals surface area (Å²) in [6.07, 6.45) is 15.7. The maximum Gasteiger partial charge on any atom is 2.00 e. The third-order valence-corrected chi connectivity index (χ3v) is 5.37. The maximum atomic E-state index is 12.3. The molecule has 1 radical (unpaired) electrons. The monoisotopic (exact) mass is 473 g/mol. The molecule has 8 nitrogen and oxygen atoms in total. The Balaban J connectivity index is 0.000000316. The molecule has 3 heterocycles. The van der Waals surface area contributed by atoms with Gasteiger partial charge in [-0.15, -0.1) is 18.2 Å². The Morgan fingerprint density at radius 2 is 2.19 bits per heavy atom. The van der Waals surface area contributed by atoms with Gasteiger partial charge < -0.3 is 25.1 Å². The summed E-state index contributed by atoms with van der Waals surface area (Å²) in [5.41, 5.74) is 0.118. The molecular weight excluding hydrogens is 447 g/mol. The molecule has 9 heteroatoms. The van der Waals surface area contributed by atoms with E-state index in [0.29, 0.717) is 31.9 Å².